The minimum absolute atomic E-state index is 0.00354. The Hall–Kier alpha value is -2.70. The second-order valence-corrected chi connectivity index (χ2v) is 8.05. The molecule has 3 heterocycles. The molecule has 0 spiro atoms. The van der Waals surface area contributed by atoms with Crippen LogP contribution in [0.1, 0.15) is 20.3 Å². The Morgan fingerprint density at radius 2 is 2.17 bits per heavy atom. The zero-order chi connectivity index (χ0) is 20.6. The van der Waals surface area contributed by atoms with E-state index in [-0.39, 0.29) is 12.5 Å². The maximum atomic E-state index is 12.5. The van der Waals surface area contributed by atoms with Crippen LogP contribution in [0.15, 0.2) is 23.7 Å². The van der Waals surface area contributed by atoms with Gasteiger partial charge in [0.2, 0.25) is 5.91 Å². The number of carbonyl (C=O) groups excluding carboxylic acids is 1. The van der Waals surface area contributed by atoms with Gasteiger partial charge in [-0.2, -0.15) is 9.64 Å². The molecular formula is C20H27N7OS. The van der Waals surface area contributed by atoms with Crippen LogP contribution in [0.25, 0.3) is 11.1 Å². The van der Waals surface area contributed by atoms with Gasteiger partial charge in [0.15, 0.2) is 0 Å². The molecule has 0 aliphatic carbocycles. The van der Waals surface area contributed by atoms with E-state index < -0.39 is 6.04 Å². The van der Waals surface area contributed by atoms with Gasteiger partial charge >= 0.3 is 0 Å². The monoisotopic (exact) mass is 413 g/mol. The van der Waals surface area contributed by atoms with Crippen molar-refractivity contribution in [3.8, 4) is 17.2 Å². The molecule has 1 aliphatic heterocycles. The summed E-state index contributed by atoms with van der Waals surface area (Å²) in [5.74, 6) is 1.78. The standard InChI is InChI=1S/C20H27N7OS/c1-14(2)11-17(20(28)23-6-5-21)25-19-16(13-29-26-19)15-3-4-18(24-12-15)27-9-7-22-8-10-27/h3-4,12-14,17,22H,6-11H2,1-2H3,(H,23,28)(H,25,26)/t17-/m0/s1. The van der Waals surface area contributed by atoms with Crippen LogP contribution in [0.5, 0.6) is 0 Å². The summed E-state index contributed by atoms with van der Waals surface area (Å²) in [5.41, 5.74) is 1.89. The molecule has 29 heavy (non-hydrogen) atoms. The van der Waals surface area contributed by atoms with Crippen LogP contribution in [-0.2, 0) is 4.79 Å². The van der Waals surface area contributed by atoms with Gasteiger partial charge in [0.25, 0.3) is 0 Å². The Labute approximate surface area is 175 Å². The molecule has 2 aromatic heterocycles. The number of nitriles is 1. The van der Waals surface area contributed by atoms with E-state index in [2.05, 4.69) is 44.1 Å². The Balaban J connectivity index is 1.75. The summed E-state index contributed by atoms with van der Waals surface area (Å²) in [5, 5.41) is 20.0. The molecule has 0 radical (unpaired) electrons. The number of nitrogens with zero attached hydrogens (tertiary/aromatic N) is 4. The first-order chi connectivity index (χ1) is 14.1. The van der Waals surface area contributed by atoms with Crippen LogP contribution in [0.4, 0.5) is 11.6 Å². The van der Waals surface area contributed by atoms with Gasteiger partial charge in [-0.05, 0) is 36.0 Å². The number of rotatable bonds is 8. The summed E-state index contributed by atoms with van der Waals surface area (Å²) >= 11 is 1.34. The molecule has 0 aromatic carbocycles. The van der Waals surface area contributed by atoms with Crippen LogP contribution in [0, 0.1) is 17.2 Å². The van der Waals surface area contributed by atoms with Gasteiger partial charge in [0.05, 0.1) is 6.07 Å². The second-order valence-electron chi connectivity index (χ2n) is 7.42. The van der Waals surface area contributed by atoms with Crippen molar-refractivity contribution >= 4 is 29.1 Å². The van der Waals surface area contributed by atoms with Gasteiger partial charge in [-0.3, -0.25) is 4.79 Å². The van der Waals surface area contributed by atoms with Crippen molar-refractivity contribution in [2.45, 2.75) is 26.3 Å². The van der Waals surface area contributed by atoms with E-state index in [9.17, 15) is 4.79 Å². The second kappa shape index (κ2) is 10.2. The lowest BCUT2D eigenvalue weighted by Crippen LogP contribution is -2.43. The molecule has 3 N–H and O–H groups in total. The van der Waals surface area contributed by atoms with Crippen LogP contribution in [0.3, 0.4) is 0 Å². The number of aromatic nitrogens is 2. The van der Waals surface area contributed by atoms with E-state index in [1.54, 1.807) is 0 Å². The van der Waals surface area contributed by atoms with Crippen LogP contribution in [0.2, 0.25) is 0 Å². The first-order valence-corrected chi connectivity index (χ1v) is 10.7. The number of hydrogen-bond acceptors (Lipinski definition) is 8. The van der Waals surface area contributed by atoms with Gasteiger partial charge in [-0.15, -0.1) is 0 Å². The Bertz CT molecular complexity index is 837. The molecule has 0 unspecified atom stereocenters. The Kier molecular flexibility index (Phi) is 7.38. The van der Waals surface area contributed by atoms with Crippen molar-refractivity contribution in [1.29, 1.82) is 5.26 Å². The van der Waals surface area contributed by atoms with Gasteiger partial charge in [0, 0.05) is 48.9 Å². The van der Waals surface area contributed by atoms with E-state index in [0.29, 0.717) is 18.2 Å². The summed E-state index contributed by atoms with van der Waals surface area (Å²) < 4.78 is 4.45. The zero-order valence-electron chi connectivity index (χ0n) is 16.8. The molecular weight excluding hydrogens is 386 g/mol. The largest absolute Gasteiger partial charge is 0.357 e. The number of amides is 1. The highest BCUT2D eigenvalue weighted by Crippen LogP contribution is 2.30. The summed E-state index contributed by atoms with van der Waals surface area (Å²) in [7, 11) is 0. The average molecular weight is 414 g/mol. The van der Waals surface area contributed by atoms with Gasteiger partial charge in [-0.1, -0.05) is 13.8 Å². The lowest BCUT2D eigenvalue weighted by atomic mass is 10.0. The fraction of sp³-hybridized carbons (Fsp3) is 0.500. The molecule has 9 heteroatoms. The van der Waals surface area contributed by atoms with Crippen LogP contribution >= 0.6 is 11.5 Å². The van der Waals surface area contributed by atoms with Crippen molar-refractivity contribution in [2.24, 2.45) is 5.92 Å². The topological polar surface area (TPSA) is 106 Å². The van der Waals surface area contributed by atoms with E-state index >= 15 is 0 Å². The van der Waals surface area contributed by atoms with E-state index in [0.717, 1.165) is 43.1 Å². The normalized spacial score (nSPS) is 15.0. The molecule has 8 nitrogen and oxygen atoms in total. The lowest BCUT2D eigenvalue weighted by Gasteiger charge is -2.28. The third-order valence-corrected chi connectivity index (χ3v) is 5.37. The maximum absolute atomic E-state index is 12.5. The summed E-state index contributed by atoms with van der Waals surface area (Å²) in [6, 6.07) is 5.58. The lowest BCUT2D eigenvalue weighted by molar-refractivity contribution is -0.121. The number of anilines is 2. The molecule has 1 fully saturated rings. The smallest absolute Gasteiger partial charge is 0.243 e. The molecule has 1 aliphatic rings. The molecule has 0 saturated carbocycles. The molecule has 1 atom stereocenters. The third-order valence-electron chi connectivity index (χ3n) is 4.75. The van der Waals surface area contributed by atoms with Crippen LogP contribution in [-0.4, -0.2) is 54.0 Å². The summed E-state index contributed by atoms with van der Waals surface area (Å²) in [6.07, 6.45) is 2.51. The summed E-state index contributed by atoms with van der Waals surface area (Å²) in [6.45, 7) is 7.96. The average Bonchev–Trinajstić information content (AvgIpc) is 3.20. The number of carbonyl (C=O) groups is 1. The van der Waals surface area contributed by atoms with E-state index in [1.807, 2.05) is 29.8 Å². The number of piperazine rings is 1. The molecule has 3 rings (SSSR count). The van der Waals surface area contributed by atoms with E-state index in [4.69, 9.17) is 5.26 Å². The minimum Gasteiger partial charge on any atom is -0.357 e. The van der Waals surface area contributed by atoms with Crippen molar-refractivity contribution in [1.82, 2.24) is 20.0 Å². The highest BCUT2D eigenvalue weighted by atomic mass is 32.1. The number of nitrogens with one attached hydrogen (secondary N) is 3. The Morgan fingerprint density at radius 1 is 1.38 bits per heavy atom. The predicted molar refractivity (Wildman–Crippen MR) is 116 cm³/mol. The first-order valence-electron chi connectivity index (χ1n) is 9.86. The van der Waals surface area contributed by atoms with Gasteiger partial charge in [0.1, 0.15) is 24.2 Å². The van der Waals surface area contributed by atoms with Crippen molar-refractivity contribution in [2.75, 3.05) is 42.9 Å². The first kappa shape index (κ1) is 21.0. The highest BCUT2D eigenvalue weighted by molar-refractivity contribution is 7.04. The molecule has 1 amide bonds. The predicted octanol–water partition coefficient (Wildman–Crippen LogP) is 2.08. The molecule has 154 valence electrons. The maximum Gasteiger partial charge on any atom is 0.243 e. The number of hydrogen-bond donors (Lipinski definition) is 3. The SMILES string of the molecule is CC(C)C[C@H](Nc1nscc1-c1ccc(N2CCNCC2)nc1)C(=O)NCC#N. The van der Waals surface area contributed by atoms with Crippen LogP contribution < -0.4 is 20.9 Å². The fourth-order valence-electron chi connectivity index (χ4n) is 3.29. The molecule has 2 aromatic rings. The molecule has 0 bridgehead atoms. The quantitative estimate of drug-likeness (QED) is 0.569. The highest BCUT2D eigenvalue weighted by Gasteiger charge is 2.22. The molecule has 1 saturated heterocycles. The van der Waals surface area contributed by atoms with Crippen molar-refractivity contribution < 1.29 is 4.79 Å². The van der Waals surface area contributed by atoms with E-state index in [1.165, 1.54) is 11.5 Å². The minimum atomic E-state index is -0.447. The summed E-state index contributed by atoms with van der Waals surface area (Å²) in [4.78, 5) is 19.4. The van der Waals surface area contributed by atoms with Crippen molar-refractivity contribution in [3.05, 3.63) is 23.7 Å². The Morgan fingerprint density at radius 3 is 2.83 bits per heavy atom. The number of pyridine rings is 1. The van der Waals surface area contributed by atoms with Gasteiger partial charge in [-0.25, -0.2) is 4.98 Å². The zero-order valence-corrected chi connectivity index (χ0v) is 17.6. The van der Waals surface area contributed by atoms with Gasteiger partial charge < -0.3 is 20.9 Å². The fourth-order valence-corrected chi connectivity index (χ4v) is 3.95. The van der Waals surface area contributed by atoms with Crippen molar-refractivity contribution in [3.63, 3.8) is 0 Å². The third kappa shape index (κ3) is 5.65.